The monoisotopic (exact) mass is 600 g/mol. The highest BCUT2D eigenvalue weighted by atomic mass is 19.4. The Bertz CT molecular complexity index is 1370. The molecule has 0 spiro atoms. The van der Waals surface area contributed by atoms with E-state index in [1.54, 1.807) is 18.9 Å². The van der Waals surface area contributed by atoms with E-state index in [0.29, 0.717) is 25.6 Å². The van der Waals surface area contributed by atoms with Crippen molar-refractivity contribution in [2.24, 2.45) is 0 Å². The number of aromatic nitrogens is 1. The molecule has 3 atom stereocenters. The first-order chi connectivity index (χ1) is 19.7. The van der Waals surface area contributed by atoms with Gasteiger partial charge in [-0.15, -0.1) is 0 Å². The molecule has 1 amide bonds. The maximum absolute atomic E-state index is 16.5. The van der Waals surface area contributed by atoms with Crippen LogP contribution in [0.15, 0.2) is 18.7 Å². The zero-order valence-electron chi connectivity index (χ0n) is 23.5. The predicted octanol–water partition coefficient (Wildman–Crippen LogP) is 4.44. The van der Waals surface area contributed by atoms with Crippen LogP contribution in [-0.2, 0) is 6.18 Å². The summed E-state index contributed by atoms with van der Waals surface area (Å²) in [4.78, 5) is 19.1. The molecule has 0 radical (unpaired) electrons. The molecule has 0 bridgehead atoms. The quantitative estimate of drug-likeness (QED) is 0.229. The Morgan fingerprint density at radius 1 is 1.29 bits per heavy atom. The van der Waals surface area contributed by atoms with Crippen LogP contribution in [0.3, 0.4) is 0 Å². The van der Waals surface area contributed by atoms with Gasteiger partial charge in [0.2, 0.25) is 5.88 Å². The third-order valence-corrected chi connectivity index (χ3v) is 7.62. The van der Waals surface area contributed by atoms with Crippen molar-refractivity contribution >= 4 is 17.3 Å². The van der Waals surface area contributed by atoms with E-state index in [1.807, 2.05) is 0 Å². The third kappa shape index (κ3) is 6.28. The number of likely N-dealkylation sites (N-methyl/N-ethyl adjacent to an activating group) is 1. The summed E-state index contributed by atoms with van der Waals surface area (Å²) >= 11 is 0. The SMILES string of the molecule is C=CC1(F)C[C@H](CNc2c(F)c(-c3cc(N)c(F)c(C)c3C(F)(F)F)nc3c2C(=O)NCCNCC[C@H](C)O3)N(C)C1. The second kappa shape index (κ2) is 12.0. The number of likely N-dealkylation sites (tertiary alicyclic amines) is 1. The van der Waals surface area contributed by atoms with Crippen molar-refractivity contribution in [3.8, 4) is 17.1 Å². The van der Waals surface area contributed by atoms with Crippen molar-refractivity contribution in [1.82, 2.24) is 20.5 Å². The number of fused-ring (bicyclic) bond motifs is 1. The standard InChI is InChI=1S/C28H34F6N6O2/c1-5-27(31)11-16(40(4)13-27)12-38-24-19-25(41)37-9-8-36-7-6-14(2)42-26(19)39-23(22(24)30)17-10-18(35)21(29)15(3)20(17)28(32,33)34/h5,10,14,16,36H,1,6-9,11-13,35H2,2-4H3,(H,37,41)(H,38,39)/t14-,16+,27?/m0/s1. The van der Waals surface area contributed by atoms with E-state index in [2.05, 4.69) is 27.5 Å². The molecule has 4 rings (SSSR count). The van der Waals surface area contributed by atoms with Gasteiger partial charge in [-0.25, -0.2) is 18.2 Å². The van der Waals surface area contributed by atoms with Gasteiger partial charge >= 0.3 is 6.18 Å². The number of carbonyl (C=O) groups is 1. The maximum Gasteiger partial charge on any atom is 0.417 e. The number of alkyl halides is 4. The number of carbonyl (C=O) groups excluding carboxylic acids is 1. The summed E-state index contributed by atoms with van der Waals surface area (Å²) in [7, 11) is 1.66. The van der Waals surface area contributed by atoms with Gasteiger partial charge in [0, 0.05) is 44.2 Å². The van der Waals surface area contributed by atoms with E-state index in [4.69, 9.17) is 10.5 Å². The lowest BCUT2D eigenvalue weighted by Crippen LogP contribution is -2.34. The van der Waals surface area contributed by atoms with Crippen LogP contribution in [0.4, 0.5) is 37.7 Å². The van der Waals surface area contributed by atoms with E-state index in [-0.39, 0.29) is 31.6 Å². The van der Waals surface area contributed by atoms with Crippen molar-refractivity contribution < 1.29 is 35.9 Å². The number of ether oxygens (including phenoxy) is 1. The van der Waals surface area contributed by atoms with E-state index >= 15 is 4.39 Å². The summed E-state index contributed by atoms with van der Waals surface area (Å²) in [5.74, 6) is -3.80. The molecule has 14 heteroatoms. The predicted molar refractivity (Wildman–Crippen MR) is 147 cm³/mol. The Kier molecular flexibility index (Phi) is 8.97. The van der Waals surface area contributed by atoms with Gasteiger partial charge in [0.25, 0.3) is 5.91 Å². The molecule has 8 nitrogen and oxygen atoms in total. The number of pyridine rings is 1. The first-order valence-electron chi connectivity index (χ1n) is 13.5. The lowest BCUT2D eigenvalue weighted by atomic mass is 9.95. The summed E-state index contributed by atoms with van der Waals surface area (Å²) < 4.78 is 94.6. The average molecular weight is 601 g/mol. The molecule has 230 valence electrons. The molecule has 1 saturated heterocycles. The van der Waals surface area contributed by atoms with Gasteiger partial charge in [-0.2, -0.15) is 13.2 Å². The maximum atomic E-state index is 16.5. The molecule has 2 aromatic rings. The minimum absolute atomic E-state index is 0.0130. The summed E-state index contributed by atoms with van der Waals surface area (Å²) in [5.41, 5.74) is -1.45. The van der Waals surface area contributed by atoms with Crippen molar-refractivity contribution in [2.75, 3.05) is 50.8 Å². The normalized spacial score (nSPS) is 23.9. The summed E-state index contributed by atoms with van der Waals surface area (Å²) in [6.07, 6.45) is -4.04. The van der Waals surface area contributed by atoms with Crippen LogP contribution < -0.4 is 26.4 Å². The Balaban J connectivity index is 1.94. The molecule has 1 aromatic carbocycles. The number of nitrogens with one attached hydrogen (secondary N) is 3. The van der Waals surface area contributed by atoms with Crippen LogP contribution in [0.1, 0.15) is 41.3 Å². The summed E-state index contributed by atoms with van der Waals surface area (Å²) in [6.45, 7) is 7.11. The zero-order chi connectivity index (χ0) is 31.0. The molecule has 2 aliphatic heterocycles. The largest absolute Gasteiger partial charge is 0.474 e. The second-order valence-electron chi connectivity index (χ2n) is 10.8. The molecule has 5 N–H and O–H groups in total. The average Bonchev–Trinajstić information content (AvgIpc) is 3.19. The number of nitrogens with zero attached hydrogens (tertiary/aromatic N) is 2. The van der Waals surface area contributed by atoms with Gasteiger partial charge < -0.3 is 26.4 Å². The Labute approximate surface area is 239 Å². The van der Waals surface area contributed by atoms with E-state index in [1.165, 1.54) is 6.08 Å². The van der Waals surface area contributed by atoms with Crippen molar-refractivity contribution in [3.05, 3.63) is 47.0 Å². The number of amides is 1. The smallest absolute Gasteiger partial charge is 0.417 e. The van der Waals surface area contributed by atoms with E-state index in [0.717, 1.165) is 6.92 Å². The van der Waals surface area contributed by atoms with Crippen LogP contribution in [0.2, 0.25) is 0 Å². The van der Waals surface area contributed by atoms with Crippen molar-refractivity contribution in [3.63, 3.8) is 0 Å². The third-order valence-electron chi connectivity index (χ3n) is 7.62. The molecule has 1 fully saturated rings. The van der Waals surface area contributed by atoms with Crippen LogP contribution in [0.5, 0.6) is 5.88 Å². The molecule has 0 aliphatic carbocycles. The second-order valence-corrected chi connectivity index (χ2v) is 10.8. The number of nitrogen functional groups attached to an aromatic ring is 1. The minimum atomic E-state index is -5.11. The first-order valence-corrected chi connectivity index (χ1v) is 13.5. The van der Waals surface area contributed by atoms with Crippen LogP contribution in [0.25, 0.3) is 11.3 Å². The van der Waals surface area contributed by atoms with Crippen LogP contribution in [0, 0.1) is 18.6 Å². The molecular formula is C28H34F6N6O2. The van der Waals surface area contributed by atoms with Crippen molar-refractivity contribution in [2.45, 2.75) is 50.7 Å². The lowest BCUT2D eigenvalue weighted by Gasteiger charge is -2.24. The zero-order valence-corrected chi connectivity index (χ0v) is 23.5. The fourth-order valence-corrected chi connectivity index (χ4v) is 5.34. The van der Waals surface area contributed by atoms with Gasteiger partial charge in [0.05, 0.1) is 23.0 Å². The van der Waals surface area contributed by atoms with Gasteiger partial charge in [-0.05, 0) is 45.5 Å². The lowest BCUT2D eigenvalue weighted by molar-refractivity contribution is -0.137. The minimum Gasteiger partial charge on any atom is -0.474 e. The van der Waals surface area contributed by atoms with E-state index < -0.39 is 81.2 Å². The molecule has 1 unspecified atom stereocenters. The highest BCUT2D eigenvalue weighted by molar-refractivity contribution is 6.03. The molecule has 3 heterocycles. The molecule has 1 aromatic heterocycles. The number of benzene rings is 1. The first kappa shape index (κ1) is 31.4. The fourth-order valence-electron chi connectivity index (χ4n) is 5.34. The van der Waals surface area contributed by atoms with Gasteiger partial charge in [0.1, 0.15) is 22.7 Å². The number of hydrogen-bond donors (Lipinski definition) is 4. The highest BCUT2D eigenvalue weighted by Gasteiger charge is 2.42. The van der Waals surface area contributed by atoms with Crippen LogP contribution in [-0.4, -0.2) is 73.4 Å². The van der Waals surface area contributed by atoms with Gasteiger partial charge in [0.15, 0.2) is 5.82 Å². The molecule has 2 aliphatic rings. The fraction of sp³-hybridized carbons (Fsp3) is 0.500. The summed E-state index contributed by atoms with van der Waals surface area (Å²) in [5, 5.41) is 8.58. The van der Waals surface area contributed by atoms with Crippen LogP contribution >= 0.6 is 0 Å². The van der Waals surface area contributed by atoms with E-state index in [9.17, 15) is 26.7 Å². The number of hydrogen-bond acceptors (Lipinski definition) is 7. The Morgan fingerprint density at radius 2 is 2.00 bits per heavy atom. The molecular weight excluding hydrogens is 566 g/mol. The summed E-state index contributed by atoms with van der Waals surface area (Å²) in [6, 6.07) is 0.182. The Hall–Kier alpha value is -3.52. The van der Waals surface area contributed by atoms with Gasteiger partial charge in [-0.1, -0.05) is 12.7 Å². The highest BCUT2D eigenvalue weighted by Crippen LogP contribution is 2.44. The number of rotatable bonds is 5. The number of anilines is 2. The number of halogens is 6. The topological polar surface area (TPSA) is 105 Å². The van der Waals surface area contributed by atoms with Crippen molar-refractivity contribution in [1.29, 1.82) is 0 Å². The number of nitrogens with two attached hydrogens (primary N) is 1. The van der Waals surface area contributed by atoms with Gasteiger partial charge in [-0.3, -0.25) is 9.69 Å². The Morgan fingerprint density at radius 3 is 2.64 bits per heavy atom. The molecule has 42 heavy (non-hydrogen) atoms. The molecule has 0 saturated carbocycles.